The van der Waals surface area contributed by atoms with E-state index in [1.54, 1.807) is 0 Å². The Balaban J connectivity index is 1.47. The average molecular weight is 250 g/mol. The van der Waals surface area contributed by atoms with Crippen LogP contribution in [0, 0.1) is 17.8 Å². The van der Waals surface area contributed by atoms with Crippen molar-refractivity contribution in [3.63, 3.8) is 0 Å². The summed E-state index contributed by atoms with van der Waals surface area (Å²) < 4.78 is 0. The van der Waals surface area contributed by atoms with Crippen molar-refractivity contribution in [2.45, 2.75) is 57.9 Å². The van der Waals surface area contributed by atoms with Crippen molar-refractivity contribution in [2.75, 3.05) is 26.2 Å². The van der Waals surface area contributed by atoms with Crippen LogP contribution in [0.3, 0.4) is 0 Å². The van der Waals surface area contributed by atoms with Crippen molar-refractivity contribution >= 4 is 0 Å². The van der Waals surface area contributed by atoms with Crippen LogP contribution in [0.1, 0.15) is 51.9 Å². The minimum Gasteiger partial charge on any atom is -0.312 e. The van der Waals surface area contributed by atoms with Gasteiger partial charge in [-0.05, 0) is 62.9 Å². The van der Waals surface area contributed by atoms with E-state index < -0.39 is 0 Å². The lowest BCUT2D eigenvalue weighted by Crippen LogP contribution is -2.49. The van der Waals surface area contributed by atoms with Crippen LogP contribution >= 0.6 is 0 Å². The maximum Gasteiger partial charge on any atom is 0.0198 e. The van der Waals surface area contributed by atoms with E-state index in [9.17, 15) is 0 Å². The van der Waals surface area contributed by atoms with Crippen LogP contribution in [0.5, 0.6) is 0 Å². The molecule has 2 saturated carbocycles. The molecule has 0 aromatic rings. The fraction of sp³-hybridized carbons (Fsp3) is 1.00. The zero-order valence-electron chi connectivity index (χ0n) is 12.0. The number of hydrogen-bond donors (Lipinski definition) is 1. The smallest absolute Gasteiger partial charge is 0.0198 e. The highest BCUT2D eigenvalue weighted by atomic mass is 15.2. The van der Waals surface area contributed by atoms with E-state index in [2.05, 4.69) is 17.1 Å². The molecule has 0 aromatic heterocycles. The van der Waals surface area contributed by atoms with Crippen LogP contribution in [0.2, 0.25) is 0 Å². The molecule has 1 aliphatic heterocycles. The zero-order chi connectivity index (χ0) is 12.4. The van der Waals surface area contributed by atoms with Crippen LogP contribution in [0.25, 0.3) is 0 Å². The summed E-state index contributed by atoms with van der Waals surface area (Å²) >= 11 is 0. The molecule has 2 atom stereocenters. The molecule has 1 heterocycles. The first kappa shape index (κ1) is 12.9. The highest BCUT2D eigenvalue weighted by Crippen LogP contribution is 2.38. The van der Waals surface area contributed by atoms with Crippen molar-refractivity contribution in [1.29, 1.82) is 0 Å². The zero-order valence-corrected chi connectivity index (χ0v) is 12.0. The van der Waals surface area contributed by atoms with Gasteiger partial charge in [-0.1, -0.05) is 19.8 Å². The van der Waals surface area contributed by atoms with Crippen molar-refractivity contribution in [3.05, 3.63) is 0 Å². The van der Waals surface area contributed by atoms with Gasteiger partial charge in [-0.25, -0.2) is 0 Å². The molecule has 2 unspecified atom stereocenters. The first-order valence-corrected chi connectivity index (χ1v) is 8.29. The third-order valence-corrected chi connectivity index (χ3v) is 4.91. The molecule has 2 nitrogen and oxygen atoms in total. The summed E-state index contributed by atoms with van der Waals surface area (Å²) in [6.07, 6.45) is 10.3. The van der Waals surface area contributed by atoms with E-state index in [4.69, 9.17) is 0 Å². The molecule has 104 valence electrons. The first-order valence-electron chi connectivity index (χ1n) is 8.29. The van der Waals surface area contributed by atoms with Gasteiger partial charge in [0.05, 0.1) is 0 Å². The number of likely N-dealkylation sites (tertiary alicyclic amines) is 1. The Morgan fingerprint density at radius 1 is 1.00 bits per heavy atom. The van der Waals surface area contributed by atoms with E-state index in [1.165, 1.54) is 71.1 Å². The molecule has 18 heavy (non-hydrogen) atoms. The van der Waals surface area contributed by atoms with Crippen LogP contribution in [0.15, 0.2) is 0 Å². The lowest BCUT2D eigenvalue weighted by molar-refractivity contribution is 0.132. The third-order valence-electron chi connectivity index (χ3n) is 4.91. The van der Waals surface area contributed by atoms with E-state index >= 15 is 0 Å². The number of nitrogens with one attached hydrogen (secondary N) is 1. The Morgan fingerprint density at radius 3 is 2.44 bits per heavy atom. The number of nitrogens with zero attached hydrogens (tertiary/aromatic N) is 1. The predicted molar refractivity (Wildman–Crippen MR) is 76.7 cm³/mol. The molecule has 1 N–H and O–H groups in total. The molecular weight excluding hydrogens is 220 g/mol. The van der Waals surface area contributed by atoms with Gasteiger partial charge in [-0.15, -0.1) is 0 Å². The lowest BCUT2D eigenvalue weighted by Gasteiger charge is -2.38. The summed E-state index contributed by atoms with van der Waals surface area (Å²) in [6.45, 7) is 7.61. The van der Waals surface area contributed by atoms with Gasteiger partial charge in [-0.2, -0.15) is 0 Å². The van der Waals surface area contributed by atoms with E-state index in [1.807, 2.05) is 0 Å². The minimum atomic E-state index is 0.787. The van der Waals surface area contributed by atoms with Gasteiger partial charge in [0.15, 0.2) is 0 Å². The van der Waals surface area contributed by atoms with Crippen LogP contribution < -0.4 is 5.32 Å². The summed E-state index contributed by atoms with van der Waals surface area (Å²) in [5.41, 5.74) is 0. The maximum absolute atomic E-state index is 3.85. The minimum absolute atomic E-state index is 0.787. The second-order valence-electron chi connectivity index (χ2n) is 7.09. The van der Waals surface area contributed by atoms with Crippen LogP contribution in [-0.4, -0.2) is 37.1 Å². The molecule has 2 aliphatic carbocycles. The second-order valence-corrected chi connectivity index (χ2v) is 7.09. The topological polar surface area (TPSA) is 15.3 Å². The normalized spacial score (nSPS) is 33.8. The highest BCUT2D eigenvalue weighted by molar-refractivity contribution is 4.88. The van der Waals surface area contributed by atoms with Gasteiger partial charge in [0.1, 0.15) is 0 Å². The Labute approximate surface area is 113 Å². The summed E-state index contributed by atoms with van der Waals surface area (Å²) in [5.74, 6) is 3.10. The summed E-state index contributed by atoms with van der Waals surface area (Å²) in [6, 6.07) is 0.787. The van der Waals surface area contributed by atoms with Gasteiger partial charge in [0, 0.05) is 19.1 Å². The Morgan fingerprint density at radius 2 is 1.78 bits per heavy atom. The molecule has 2 heteroatoms. The Kier molecular flexibility index (Phi) is 4.25. The quantitative estimate of drug-likeness (QED) is 0.747. The molecule has 0 radical (unpaired) electrons. The predicted octanol–water partition coefficient (Wildman–Crippen LogP) is 2.89. The number of hydrogen-bond acceptors (Lipinski definition) is 2. The largest absolute Gasteiger partial charge is 0.312 e. The van der Waals surface area contributed by atoms with Crippen LogP contribution in [-0.2, 0) is 0 Å². The van der Waals surface area contributed by atoms with Crippen molar-refractivity contribution in [2.24, 2.45) is 17.8 Å². The first-order chi connectivity index (χ1) is 8.83. The monoisotopic (exact) mass is 250 g/mol. The molecule has 0 amide bonds. The van der Waals surface area contributed by atoms with Gasteiger partial charge in [0.2, 0.25) is 0 Å². The molecule has 0 aromatic carbocycles. The van der Waals surface area contributed by atoms with Crippen molar-refractivity contribution in [1.82, 2.24) is 10.2 Å². The van der Waals surface area contributed by atoms with E-state index in [0.29, 0.717) is 0 Å². The average Bonchev–Trinajstić information content (AvgIpc) is 3.22. The van der Waals surface area contributed by atoms with Gasteiger partial charge < -0.3 is 10.2 Å². The Bertz CT molecular complexity index is 258. The molecular formula is C16H30N2. The molecule has 3 aliphatic rings. The van der Waals surface area contributed by atoms with Crippen LogP contribution in [0.4, 0.5) is 0 Å². The van der Waals surface area contributed by atoms with Gasteiger partial charge in [-0.3, -0.25) is 0 Å². The fourth-order valence-electron chi connectivity index (χ4n) is 3.60. The van der Waals surface area contributed by atoms with E-state index in [-0.39, 0.29) is 0 Å². The second kappa shape index (κ2) is 5.92. The Hall–Kier alpha value is -0.0800. The lowest BCUT2D eigenvalue weighted by atomic mass is 9.89. The summed E-state index contributed by atoms with van der Waals surface area (Å²) in [7, 11) is 0. The molecule has 1 saturated heterocycles. The summed E-state index contributed by atoms with van der Waals surface area (Å²) in [4.78, 5) is 2.72. The van der Waals surface area contributed by atoms with Crippen molar-refractivity contribution in [3.8, 4) is 0 Å². The third kappa shape index (κ3) is 3.96. The highest BCUT2D eigenvalue weighted by Gasteiger charge is 2.32. The molecule has 0 bridgehead atoms. The number of rotatable bonds is 7. The summed E-state index contributed by atoms with van der Waals surface area (Å²) in [5, 5.41) is 3.85. The number of piperidine rings is 1. The fourth-order valence-corrected chi connectivity index (χ4v) is 3.60. The van der Waals surface area contributed by atoms with Gasteiger partial charge >= 0.3 is 0 Å². The SMILES string of the molecule is CCCN1CC(CC2CC2)CC(NCC2CC2)C1. The maximum atomic E-state index is 3.85. The standard InChI is InChI=1S/C16H30N2/c1-2-7-18-11-15(8-13-3-4-13)9-16(12-18)17-10-14-5-6-14/h13-17H,2-12H2,1H3. The van der Waals surface area contributed by atoms with Crippen molar-refractivity contribution < 1.29 is 0 Å². The molecule has 0 spiro atoms. The van der Waals surface area contributed by atoms with Gasteiger partial charge in [0.25, 0.3) is 0 Å². The molecule has 3 rings (SSSR count). The van der Waals surface area contributed by atoms with E-state index in [0.717, 1.165) is 23.8 Å². The molecule has 3 fully saturated rings.